The average molecular weight is 407 g/mol. The summed E-state index contributed by atoms with van der Waals surface area (Å²) in [5, 5.41) is 3.18. The van der Waals surface area contributed by atoms with Crippen LogP contribution < -0.4 is 10.1 Å². The third-order valence-corrected chi connectivity index (χ3v) is 5.03. The number of para-hydroxylation sites is 1. The molecule has 0 radical (unpaired) electrons. The standard InChI is InChI=1S/C25H21N5O/c1-26-25-29-23-16-28-22(14-24(23)30(25)17-18-7-6-12-27-15-18)19-8-5-11-21(13-19)31-20-9-3-2-4-10-20/h2-16H,17H2,1H3,(H,26,29). The lowest BCUT2D eigenvalue weighted by Gasteiger charge is -2.10. The molecule has 3 heterocycles. The van der Waals surface area contributed by atoms with E-state index in [1.807, 2.05) is 80.1 Å². The Morgan fingerprint density at radius 1 is 0.903 bits per heavy atom. The molecule has 2 aromatic carbocycles. The van der Waals surface area contributed by atoms with Crippen LogP contribution in [0.1, 0.15) is 5.56 Å². The molecule has 0 aliphatic rings. The molecule has 152 valence electrons. The number of fused-ring (bicyclic) bond motifs is 1. The van der Waals surface area contributed by atoms with Crippen molar-refractivity contribution < 1.29 is 4.74 Å². The molecule has 0 unspecified atom stereocenters. The van der Waals surface area contributed by atoms with Crippen LogP contribution in [0.4, 0.5) is 5.95 Å². The van der Waals surface area contributed by atoms with Gasteiger partial charge in [0.25, 0.3) is 0 Å². The van der Waals surface area contributed by atoms with Gasteiger partial charge in [-0.15, -0.1) is 0 Å². The van der Waals surface area contributed by atoms with E-state index in [9.17, 15) is 0 Å². The second-order valence-electron chi connectivity index (χ2n) is 7.13. The second kappa shape index (κ2) is 8.28. The van der Waals surface area contributed by atoms with Crippen molar-refractivity contribution in [3.8, 4) is 22.8 Å². The number of nitrogens with zero attached hydrogens (tertiary/aromatic N) is 4. The van der Waals surface area contributed by atoms with Crippen molar-refractivity contribution in [2.75, 3.05) is 12.4 Å². The highest BCUT2D eigenvalue weighted by atomic mass is 16.5. The number of anilines is 1. The Morgan fingerprint density at radius 3 is 2.58 bits per heavy atom. The molecule has 5 aromatic rings. The summed E-state index contributed by atoms with van der Waals surface area (Å²) in [5.74, 6) is 2.36. The molecule has 0 saturated carbocycles. The van der Waals surface area contributed by atoms with Gasteiger partial charge in [0.1, 0.15) is 17.0 Å². The maximum absolute atomic E-state index is 5.99. The molecule has 0 fully saturated rings. The number of rotatable bonds is 6. The van der Waals surface area contributed by atoms with Crippen molar-refractivity contribution in [2.45, 2.75) is 6.54 Å². The van der Waals surface area contributed by atoms with E-state index in [2.05, 4.69) is 37.0 Å². The van der Waals surface area contributed by atoms with Crippen LogP contribution in [-0.4, -0.2) is 26.6 Å². The molecule has 6 nitrogen and oxygen atoms in total. The molecule has 0 aliphatic heterocycles. The van der Waals surface area contributed by atoms with E-state index in [0.29, 0.717) is 6.54 Å². The Hall–Kier alpha value is -4.19. The van der Waals surface area contributed by atoms with Gasteiger partial charge in [-0.2, -0.15) is 0 Å². The van der Waals surface area contributed by atoms with Crippen molar-refractivity contribution in [1.29, 1.82) is 0 Å². The van der Waals surface area contributed by atoms with Gasteiger partial charge in [0, 0.05) is 25.0 Å². The topological polar surface area (TPSA) is 64.9 Å². The van der Waals surface area contributed by atoms with Crippen LogP contribution in [0.25, 0.3) is 22.3 Å². The zero-order chi connectivity index (χ0) is 21.0. The van der Waals surface area contributed by atoms with E-state index in [4.69, 9.17) is 4.74 Å². The average Bonchev–Trinajstić information content (AvgIpc) is 3.17. The van der Waals surface area contributed by atoms with Crippen LogP contribution in [0.2, 0.25) is 0 Å². The molecule has 6 heteroatoms. The number of nitrogens with one attached hydrogen (secondary N) is 1. The first kappa shape index (κ1) is 18.8. The minimum absolute atomic E-state index is 0.668. The summed E-state index contributed by atoms with van der Waals surface area (Å²) in [6, 6.07) is 23.8. The normalized spacial score (nSPS) is 10.9. The van der Waals surface area contributed by atoms with Crippen LogP contribution in [0.5, 0.6) is 11.5 Å². The minimum atomic E-state index is 0.668. The van der Waals surface area contributed by atoms with Crippen molar-refractivity contribution in [3.05, 3.63) is 97.0 Å². The molecule has 1 N–H and O–H groups in total. The molecule has 31 heavy (non-hydrogen) atoms. The summed E-state index contributed by atoms with van der Waals surface area (Å²) in [6.07, 6.45) is 5.47. The Balaban J connectivity index is 1.52. The molecule has 5 rings (SSSR count). The van der Waals surface area contributed by atoms with Gasteiger partial charge in [0.05, 0.1) is 24.0 Å². The van der Waals surface area contributed by atoms with Gasteiger partial charge in [-0.25, -0.2) is 4.98 Å². The first-order valence-electron chi connectivity index (χ1n) is 10.1. The fraction of sp³-hybridized carbons (Fsp3) is 0.0800. The summed E-state index contributed by atoms with van der Waals surface area (Å²) in [5.41, 5.74) is 4.80. The summed E-state index contributed by atoms with van der Waals surface area (Å²) in [6.45, 7) is 0.668. The van der Waals surface area contributed by atoms with E-state index in [0.717, 1.165) is 45.3 Å². The second-order valence-corrected chi connectivity index (χ2v) is 7.13. The largest absolute Gasteiger partial charge is 0.457 e. The number of benzene rings is 2. The molecule has 0 aliphatic carbocycles. The van der Waals surface area contributed by atoms with Crippen LogP contribution in [0.15, 0.2) is 91.4 Å². The number of pyridine rings is 2. The van der Waals surface area contributed by atoms with Crippen LogP contribution in [-0.2, 0) is 6.54 Å². The zero-order valence-electron chi connectivity index (χ0n) is 17.1. The smallest absolute Gasteiger partial charge is 0.203 e. The van der Waals surface area contributed by atoms with Crippen LogP contribution in [0.3, 0.4) is 0 Å². The van der Waals surface area contributed by atoms with E-state index in [1.54, 1.807) is 6.20 Å². The molecule has 3 aromatic heterocycles. The Morgan fingerprint density at radius 2 is 1.77 bits per heavy atom. The van der Waals surface area contributed by atoms with Crippen LogP contribution >= 0.6 is 0 Å². The van der Waals surface area contributed by atoms with Crippen molar-refractivity contribution in [1.82, 2.24) is 19.5 Å². The molecule has 0 atom stereocenters. The summed E-state index contributed by atoms with van der Waals surface area (Å²) in [7, 11) is 1.87. The van der Waals surface area contributed by atoms with Gasteiger partial charge >= 0.3 is 0 Å². The molecular formula is C25H21N5O. The van der Waals surface area contributed by atoms with E-state index in [1.165, 1.54) is 0 Å². The molecule has 0 amide bonds. The van der Waals surface area contributed by atoms with Crippen molar-refractivity contribution in [3.63, 3.8) is 0 Å². The molecule has 0 saturated heterocycles. The lowest BCUT2D eigenvalue weighted by Crippen LogP contribution is -2.05. The minimum Gasteiger partial charge on any atom is -0.457 e. The summed E-state index contributed by atoms with van der Waals surface area (Å²) in [4.78, 5) is 13.6. The summed E-state index contributed by atoms with van der Waals surface area (Å²) < 4.78 is 8.13. The fourth-order valence-electron chi connectivity index (χ4n) is 3.55. The predicted molar refractivity (Wildman–Crippen MR) is 122 cm³/mol. The monoisotopic (exact) mass is 407 g/mol. The Labute approximate surface area is 180 Å². The maximum atomic E-state index is 5.99. The van der Waals surface area contributed by atoms with Gasteiger partial charge in [-0.1, -0.05) is 36.4 Å². The molecule has 0 bridgehead atoms. The SMILES string of the molecule is CNc1nc2cnc(-c3cccc(Oc4ccccc4)c3)cc2n1Cc1cccnc1. The number of ether oxygens (including phenoxy) is 1. The van der Waals surface area contributed by atoms with Crippen molar-refractivity contribution >= 4 is 17.0 Å². The van der Waals surface area contributed by atoms with Gasteiger partial charge in [0.15, 0.2) is 0 Å². The van der Waals surface area contributed by atoms with E-state index < -0.39 is 0 Å². The first-order chi connectivity index (χ1) is 15.3. The number of aromatic nitrogens is 4. The zero-order valence-corrected chi connectivity index (χ0v) is 17.1. The van der Waals surface area contributed by atoms with E-state index in [-0.39, 0.29) is 0 Å². The Kier molecular flexibility index (Phi) is 5.02. The first-order valence-corrected chi connectivity index (χ1v) is 10.1. The number of hydrogen-bond donors (Lipinski definition) is 1. The number of hydrogen-bond acceptors (Lipinski definition) is 5. The highest BCUT2D eigenvalue weighted by Crippen LogP contribution is 2.29. The molecular weight excluding hydrogens is 386 g/mol. The highest BCUT2D eigenvalue weighted by Gasteiger charge is 2.13. The lowest BCUT2D eigenvalue weighted by atomic mass is 10.1. The van der Waals surface area contributed by atoms with Gasteiger partial charge in [-0.05, 0) is 42.0 Å². The quantitative estimate of drug-likeness (QED) is 0.410. The van der Waals surface area contributed by atoms with Gasteiger partial charge in [-0.3, -0.25) is 9.97 Å². The van der Waals surface area contributed by atoms with Gasteiger partial charge in [0.2, 0.25) is 5.95 Å². The number of imidazole rings is 1. The third-order valence-electron chi connectivity index (χ3n) is 5.03. The molecule has 0 spiro atoms. The van der Waals surface area contributed by atoms with Gasteiger partial charge < -0.3 is 14.6 Å². The highest BCUT2D eigenvalue weighted by molar-refractivity contribution is 5.82. The van der Waals surface area contributed by atoms with Crippen molar-refractivity contribution in [2.24, 2.45) is 0 Å². The predicted octanol–water partition coefficient (Wildman–Crippen LogP) is 5.38. The van der Waals surface area contributed by atoms with E-state index >= 15 is 0 Å². The third kappa shape index (κ3) is 3.96. The maximum Gasteiger partial charge on any atom is 0.203 e. The lowest BCUT2D eigenvalue weighted by molar-refractivity contribution is 0.483. The Bertz CT molecular complexity index is 1320. The summed E-state index contributed by atoms with van der Waals surface area (Å²) >= 11 is 0. The fourth-order valence-corrected chi connectivity index (χ4v) is 3.55. The van der Waals surface area contributed by atoms with Crippen LogP contribution in [0, 0.1) is 0 Å².